The number of hydrogen-bond acceptors (Lipinski definition) is 6. The summed E-state index contributed by atoms with van der Waals surface area (Å²) < 4.78 is 33.4. The molecule has 0 radical (unpaired) electrons. The van der Waals surface area contributed by atoms with Crippen LogP contribution in [0.2, 0.25) is 0 Å². The van der Waals surface area contributed by atoms with Gasteiger partial charge >= 0.3 is 12.1 Å². The molecule has 22 heavy (non-hydrogen) atoms. The van der Waals surface area contributed by atoms with Crippen LogP contribution in [-0.2, 0) is 24.3 Å². The average molecular weight is 338 g/mol. The highest BCUT2D eigenvalue weighted by Gasteiger charge is 2.26. The van der Waals surface area contributed by atoms with Crippen LogP contribution < -0.4 is 4.83 Å². The van der Waals surface area contributed by atoms with Crippen molar-refractivity contribution in [2.24, 2.45) is 0 Å². The molecule has 0 unspecified atom stereocenters. The molecule has 0 rings (SSSR count). The zero-order chi connectivity index (χ0) is 17.4. The van der Waals surface area contributed by atoms with E-state index in [4.69, 9.17) is 4.74 Å². The van der Waals surface area contributed by atoms with Crippen molar-refractivity contribution < 1.29 is 27.5 Å². The third kappa shape index (κ3) is 9.56. The van der Waals surface area contributed by atoms with Gasteiger partial charge in [-0.15, -0.1) is 4.83 Å². The number of hydrogen-bond donors (Lipinski definition) is 1. The Morgan fingerprint density at radius 3 is 2.27 bits per heavy atom. The number of carbonyl (C=O) groups is 2. The molecule has 0 spiro atoms. The van der Waals surface area contributed by atoms with Gasteiger partial charge in [0.25, 0.3) is 0 Å². The van der Waals surface area contributed by atoms with Crippen LogP contribution >= 0.6 is 0 Å². The van der Waals surface area contributed by atoms with Crippen LogP contribution in [0.25, 0.3) is 0 Å². The monoisotopic (exact) mass is 338 g/mol. The summed E-state index contributed by atoms with van der Waals surface area (Å²) in [6, 6.07) is 0. The fourth-order valence-corrected chi connectivity index (χ4v) is 2.61. The maximum absolute atomic E-state index is 12.0. The Morgan fingerprint density at radius 1 is 1.23 bits per heavy atom. The number of sulfonamides is 1. The zero-order valence-corrected chi connectivity index (χ0v) is 14.7. The average Bonchev–Trinajstić information content (AvgIpc) is 2.38. The lowest BCUT2D eigenvalue weighted by Crippen LogP contribution is -2.49. The fraction of sp³-hybridized carbons (Fsp3) is 0.846. The number of carbonyl (C=O) groups excluding carboxylic acids is 2. The number of unbranched alkanes of at least 4 members (excludes halogenated alkanes) is 1. The Balaban J connectivity index is 4.92. The molecule has 0 atom stereocenters. The summed E-state index contributed by atoms with van der Waals surface area (Å²) in [4.78, 5) is 25.4. The largest absolute Gasteiger partial charge is 0.469 e. The smallest absolute Gasteiger partial charge is 0.425 e. The first kappa shape index (κ1) is 20.6. The topological polar surface area (TPSA) is 102 Å². The number of esters is 1. The first-order chi connectivity index (χ1) is 10.0. The summed E-state index contributed by atoms with van der Waals surface area (Å²) in [5, 5.41) is 0.785. The highest BCUT2D eigenvalue weighted by atomic mass is 32.2. The lowest BCUT2D eigenvalue weighted by atomic mass is 10.2. The maximum Gasteiger partial charge on any atom is 0.425 e. The van der Waals surface area contributed by atoms with Gasteiger partial charge in [-0.3, -0.25) is 4.79 Å². The van der Waals surface area contributed by atoms with Crippen molar-refractivity contribution in [2.75, 3.05) is 19.4 Å². The van der Waals surface area contributed by atoms with E-state index in [0.717, 1.165) is 5.01 Å². The number of amides is 1. The number of nitrogens with one attached hydrogen (secondary N) is 1. The lowest BCUT2D eigenvalue weighted by molar-refractivity contribution is -0.140. The van der Waals surface area contributed by atoms with E-state index in [9.17, 15) is 18.0 Å². The molecule has 0 aliphatic carbocycles. The van der Waals surface area contributed by atoms with Crippen LogP contribution in [0.15, 0.2) is 0 Å². The van der Waals surface area contributed by atoms with E-state index in [1.165, 1.54) is 7.11 Å². The van der Waals surface area contributed by atoms with E-state index in [1.54, 1.807) is 20.8 Å². The molecule has 0 aromatic heterocycles. The fourth-order valence-electron chi connectivity index (χ4n) is 1.34. The molecule has 9 heteroatoms. The molecular formula is C13H26N2O6S. The molecule has 0 aliphatic heterocycles. The second-order valence-corrected chi connectivity index (χ2v) is 7.54. The van der Waals surface area contributed by atoms with E-state index in [-0.39, 0.29) is 18.7 Å². The van der Waals surface area contributed by atoms with Gasteiger partial charge in [-0.25, -0.2) is 18.2 Å². The Morgan fingerprint density at radius 2 is 1.82 bits per heavy atom. The minimum absolute atomic E-state index is 0.110. The van der Waals surface area contributed by atoms with Gasteiger partial charge in [-0.2, -0.15) is 0 Å². The predicted octanol–water partition coefficient (Wildman–Crippen LogP) is 1.42. The minimum Gasteiger partial charge on any atom is -0.469 e. The number of methoxy groups -OCH3 is 1. The highest BCUT2D eigenvalue weighted by molar-refractivity contribution is 7.89. The molecule has 1 amide bonds. The van der Waals surface area contributed by atoms with Gasteiger partial charge in [0.1, 0.15) is 5.60 Å². The van der Waals surface area contributed by atoms with Crippen molar-refractivity contribution in [3.05, 3.63) is 0 Å². The van der Waals surface area contributed by atoms with E-state index >= 15 is 0 Å². The van der Waals surface area contributed by atoms with Gasteiger partial charge in [0, 0.05) is 0 Å². The molecule has 0 aliphatic rings. The number of nitrogens with zero attached hydrogens (tertiary/aromatic N) is 1. The van der Waals surface area contributed by atoms with Crippen molar-refractivity contribution in [3.63, 3.8) is 0 Å². The summed E-state index contributed by atoms with van der Waals surface area (Å²) in [5.74, 6) is -0.664. The molecule has 0 saturated heterocycles. The van der Waals surface area contributed by atoms with Crippen molar-refractivity contribution >= 4 is 22.1 Å². The first-order valence-electron chi connectivity index (χ1n) is 7.08. The van der Waals surface area contributed by atoms with Crippen molar-refractivity contribution in [2.45, 2.75) is 52.6 Å². The third-order valence-electron chi connectivity index (χ3n) is 2.40. The van der Waals surface area contributed by atoms with Gasteiger partial charge in [-0.1, -0.05) is 13.3 Å². The van der Waals surface area contributed by atoms with Crippen LogP contribution in [0.5, 0.6) is 0 Å². The molecule has 130 valence electrons. The maximum atomic E-state index is 12.0. The first-order valence-corrected chi connectivity index (χ1v) is 8.73. The molecule has 8 nitrogen and oxygen atoms in total. The molecule has 0 fully saturated rings. The third-order valence-corrected chi connectivity index (χ3v) is 3.72. The molecule has 0 heterocycles. The number of rotatable bonds is 8. The van der Waals surface area contributed by atoms with Gasteiger partial charge in [-0.05, 0) is 27.2 Å². The van der Waals surface area contributed by atoms with Gasteiger partial charge in [0.05, 0.1) is 25.8 Å². The Hall–Kier alpha value is -1.35. The standard InChI is InChI=1S/C13H26N2O6S/c1-6-7-10-22(18,19)14-15(9-8-11(16)20-5)12(17)21-13(2,3)4/h14H,6-10H2,1-5H3. The van der Waals surface area contributed by atoms with Crippen LogP contribution in [-0.4, -0.2) is 50.5 Å². The van der Waals surface area contributed by atoms with Crippen molar-refractivity contribution in [1.29, 1.82) is 0 Å². The molecular weight excluding hydrogens is 312 g/mol. The summed E-state index contributed by atoms with van der Waals surface area (Å²) in [6.07, 6.45) is 0.159. The second-order valence-electron chi connectivity index (χ2n) is 5.72. The van der Waals surface area contributed by atoms with E-state index < -0.39 is 27.7 Å². The summed E-state index contributed by atoms with van der Waals surface area (Å²) in [7, 11) is -2.46. The van der Waals surface area contributed by atoms with E-state index in [0.29, 0.717) is 12.8 Å². The number of ether oxygens (including phenoxy) is 2. The summed E-state index contributed by atoms with van der Waals surface area (Å²) in [5.41, 5.74) is -0.782. The van der Waals surface area contributed by atoms with Crippen LogP contribution in [0.4, 0.5) is 4.79 Å². The highest BCUT2D eigenvalue weighted by Crippen LogP contribution is 2.10. The Bertz CT molecular complexity index is 469. The van der Waals surface area contributed by atoms with Gasteiger partial charge in [0.2, 0.25) is 10.0 Å². The van der Waals surface area contributed by atoms with Crippen LogP contribution in [0, 0.1) is 0 Å². The van der Waals surface area contributed by atoms with Crippen molar-refractivity contribution in [1.82, 2.24) is 9.84 Å². The van der Waals surface area contributed by atoms with Gasteiger partial charge < -0.3 is 9.47 Å². The molecule has 0 aromatic carbocycles. The summed E-state index contributed by atoms with van der Waals surface area (Å²) >= 11 is 0. The summed E-state index contributed by atoms with van der Waals surface area (Å²) in [6.45, 7) is 6.67. The van der Waals surface area contributed by atoms with Gasteiger partial charge in [0.15, 0.2) is 0 Å². The zero-order valence-electron chi connectivity index (χ0n) is 13.8. The molecule has 0 bridgehead atoms. The van der Waals surface area contributed by atoms with E-state index in [1.807, 2.05) is 6.92 Å². The normalized spacial score (nSPS) is 11.9. The predicted molar refractivity (Wildman–Crippen MR) is 81.4 cm³/mol. The second kappa shape index (κ2) is 8.94. The Labute approximate surface area is 132 Å². The molecule has 1 N–H and O–H groups in total. The minimum atomic E-state index is -3.68. The SMILES string of the molecule is CCCCS(=O)(=O)NN(CCC(=O)OC)C(=O)OC(C)(C)C. The molecule has 0 aromatic rings. The number of hydrazine groups is 1. The van der Waals surface area contributed by atoms with Crippen LogP contribution in [0.1, 0.15) is 47.0 Å². The van der Waals surface area contributed by atoms with Crippen molar-refractivity contribution in [3.8, 4) is 0 Å². The molecule has 0 saturated carbocycles. The quantitative estimate of drug-likeness (QED) is 0.530. The van der Waals surface area contributed by atoms with E-state index in [2.05, 4.69) is 9.57 Å². The lowest BCUT2D eigenvalue weighted by Gasteiger charge is -2.27. The Kier molecular flexibility index (Phi) is 8.39. The van der Waals surface area contributed by atoms with Crippen LogP contribution in [0.3, 0.4) is 0 Å².